The molecule has 0 unspecified atom stereocenters. The lowest BCUT2D eigenvalue weighted by Crippen LogP contribution is -2.20. The number of H-pyrrole nitrogens is 1. The Hall–Kier alpha value is -2.32. The molecule has 0 fully saturated rings. The fourth-order valence-electron chi connectivity index (χ4n) is 1.92. The van der Waals surface area contributed by atoms with Crippen LogP contribution in [0, 0.1) is 0 Å². The molecule has 24 heavy (non-hydrogen) atoms. The number of carbonyl (C=O) groups excluding carboxylic acids is 1. The number of aromatic amines is 1. The zero-order valence-corrected chi connectivity index (χ0v) is 14.7. The van der Waals surface area contributed by atoms with E-state index in [4.69, 9.17) is 4.42 Å². The van der Waals surface area contributed by atoms with Crippen molar-refractivity contribution in [3.63, 3.8) is 0 Å². The van der Waals surface area contributed by atoms with Crippen LogP contribution >= 0.6 is 27.7 Å². The van der Waals surface area contributed by atoms with Crippen LogP contribution in [0.2, 0.25) is 0 Å². The molecule has 0 aliphatic heterocycles. The van der Waals surface area contributed by atoms with Gasteiger partial charge in [-0.15, -0.1) is 0 Å². The summed E-state index contributed by atoms with van der Waals surface area (Å²) < 4.78 is 6.33. The van der Waals surface area contributed by atoms with Gasteiger partial charge in [-0.25, -0.2) is 5.43 Å². The maximum atomic E-state index is 11.8. The minimum Gasteiger partial charge on any atom is -0.872 e. The third-order valence-electron chi connectivity index (χ3n) is 3.03. The number of rotatable bonds is 5. The Morgan fingerprint density at radius 1 is 1.38 bits per heavy atom. The zero-order chi connectivity index (χ0) is 16.9. The van der Waals surface area contributed by atoms with Crippen molar-refractivity contribution in [2.24, 2.45) is 5.10 Å². The van der Waals surface area contributed by atoms with E-state index < -0.39 is 0 Å². The molecule has 1 heterocycles. The lowest BCUT2D eigenvalue weighted by molar-refractivity contribution is -0.411. The van der Waals surface area contributed by atoms with Gasteiger partial charge < -0.3 is 9.52 Å². The number of thioether (sulfide) groups is 1. The van der Waals surface area contributed by atoms with Crippen molar-refractivity contribution in [2.45, 2.75) is 5.22 Å². The summed E-state index contributed by atoms with van der Waals surface area (Å²) in [7, 11) is 0. The van der Waals surface area contributed by atoms with Gasteiger partial charge >= 0.3 is 5.22 Å². The lowest BCUT2D eigenvalue weighted by atomic mass is 10.2. The summed E-state index contributed by atoms with van der Waals surface area (Å²) in [5.74, 6) is -0.328. The van der Waals surface area contributed by atoms with Crippen molar-refractivity contribution >= 4 is 50.9 Å². The SMILES string of the molecule is O=C(CSc1[nH+]c2ccccc2o1)N/N=C/c1cc(Br)ccc1[O-]. The van der Waals surface area contributed by atoms with Crippen LogP contribution in [0.25, 0.3) is 11.1 Å². The molecule has 0 aliphatic carbocycles. The molecule has 0 bridgehead atoms. The summed E-state index contributed by atoms with van der Waals surface area (Å²) in [4.78, 5) is 14.9. The molecule has 0 aliphatic rings. The number of nitrogens with one attached hydrogen (secondary N) is 2. The number of para-hydroxylation sites is 2. The van der Waals surface area contributed by atoms with Crippen LogP contribution in [-0.2, 0) is 4.79 Å². The Kier molecular flexibility index (Phi) is 5.17. The Bertz CT molecular complexity index is 877. The number of hydrogen-bond acceptors (Lipinski definition) is 5. The summed E-state index contributed by atoms with van der Waals surface area (Å²) in [6.45, 7) is 0. The molecule has 122 valence electrons. The maximum Gasteiger partial charge on any atom is 0.411 e. The van der Waals surface area contributed by atoms with Crippen LogP contribution < -0.4 is 15.5 Å². The van der Waals surface area contributed by atoms with E-state index in [1.807, 2.05) is 24.3 Å². The van der Waals surface area contributed by atoms with Crippen LogP contribution in [0.4, 0.5) is 0 Å². The second kappa shape index (κ2) is 7.50. The maximum absolute atomic E-state index is 11.8. The van der Waals surface area contributed by atoms with Gasteiger partial charge in [0.15, 0.2) is 0 Å². The van der Waals surface area contributed by atoms with E-state index in [1.54, 1.807) is 12.1 Å². The first kappa shape index (κ1) is 16.5. The van der Waals surface area contributed by atoms with Crippen LogP contribution in [0.15, 0.2) is 61.7 Å². The summed E-state index contributed by atoms with van der Waals surface area (Å²) in [5, 5.41) is 15.9. The second-order valence-electron chi connectivity index (χ2n) is 4.77. The van der Waals surface area contributed by atoms with E-state index >= 15 is 0 Å². The standard InChI is InChI=1S/C16H12BrN3O3S/c17-11-5-6-13(21)10(7-11)8-18-20-15(22)9-24-16-19-12-3-1-2-4-14(12)23-16/h1-8,21H,9H2,(H,20,22)/b18-8+. The first-order valence-electron chi connectivity index (χ1n) is 6.94. The molecule has 0 radical (unpaired) electrons. The first-order chi connectivity index (χ1) is 11.6. The van der Waals surface area contributed by atoms with Gasteiger partial charge in [-0.2, -0.15) is 10.1 Å². The number of oxazole rings is 1. The van der Waals surface area contributed by atoms with Gasteiger partial charge in [0.1, 0.15) is 0 Å². The molecule has 3 aromatic rings. The molecule has 0 saturated carbocycles. The quantitative estimate of drug-likeness (QED) is 0.400. The number of hydrazone groups is 1. The topological polar surface area (TPSA) is 91.8 Å². The average molecular weight is 406 g/mol. The Balaban J connectivity index is 1.54. The Morgan fingerprint density at radius 3 is 3.04 bits per heavy atom. The fourth-order valence-corrected chi connectivity index (χ4v) is 2.95. The minimum absolute atomic E-state index is 0.135. The molecule has 0 spiro atoms. The number of nitrogens with zero attached hydrogens (tertiary/aromatic N) is 1. The fraction of sp³-hybridized carbons (Fsp3) is 0.0625. The number of aromatic nitrogens is 1. The number of amides is 1. The van der Waals surface area contributed by atoms with Crippen LogP contribution in [-0.4, -0.2) is 17.9 Å². The van der Waals surface area contributed by atoms with Gasteiger partial charge in [0.05, 0.1) is 12.0 Å². The molecule has 8 heteroatoms. The van der Waals surface area contributed by atoms with E-state index in [2.05, 4.69) is 31.4 Å². The van der Waals surface area contributed by atoms with Crippen molar-refractivity contribution < 1.29 is 19.3 Å². The lowest BCUT2D eigenvalue weighted by Gasteiger charge is -2.09. The largest absolute Gasteiger partial charge is 0.872 e. The number of halogens is 1. The highest BCUT2D eigenvalue weighted by Crippen LogP contribution is 2.19. The van der Waals surface area contributed by atoms with Crippen molar-refractivity contribution in [3.05, 3.63) is 52.5 Å². The smallest absolute Gasteiger partial charge is 0.411 e. The molecule has 3 rings (SSSR count). The van der Waals surface area contributed by atoms with Crippen LogP contribution in [0.5, 0.6) is 5.75 Å². The third kappa shape index (κ3) is 4.15. The highest BCUT2D eigenvalue weighted by molar-refractivity contribution is 9.10. The van der Waals surface area contributed by atoms with Crippen LogP contribution in [0.3, 0.4) is 0 Å². The van der Waals surface area contributed by atoms with E-state index in [9.17, 15) is 9.90 Å². The summed E-state index contributed by atoms with van der Waals surface area (Å²) >= 11 is 4.51. The number of hydrogen-bond donors (Lipinski definition) is 1. The molecule has 0 atom stereocenters. The predicted molar refractivity (Wildman–Crippen MR) is 92.8 cm³/mol. The van der Waals surface area contributed by atoms with Gasteiger partial charge in [-0.1, -0.05) is 39.9 Å². The monoisotopic (exact) mass is 405 g/mol. The van der Waals surface area contributed by atoms with Gasteiger partial charge in [-0.05, 0) is 35.5 Å². The van der Waals surface area contributed by atoms with Gasteiger partial charge in [0.25, 0.3) is 5.91 Å². The Morgan fingerprint density at radius 2 is 2.21 bits per heavy atom. The molecular formula is C16H12BrN3O3S. The molecule has 6 nitrogen and oxygen atoms in total. The molecule has 1 amide bonds. The molecular weight excluding hydrogens is 394 g/mol. The summed E-state index contributed by atoms with van der Waals surface area (Å²) in [6, 6.07) is 12.2. The minimum atomic E-state index is -0.299. The number of carbonyl (C=O) groups is 1. The molecule has 2 aromatic carbocycles. The normalized spacial score (nSPS) is 11.2. The number of benzene rings is 2. The average Bonchev–Trinajstić information content (AvgIpc) is 2.99. The third-order valence-corrected chi connectivity index (χ3v) is 4.37. The molecule has 1 aromatic heterocycles. The van der Waals surface area contributed by atoms with Gasteiger partial charge in [0, 0.05) is 10.5 Å². The second-order valence-corrected chi connectivity index (χ2v) is 6.64. The summed E-state index contributed by atoms with van der Waals surface area (Å²) in [5.41, 5.74) is 4.38. The van der Waals surface area contributed by atoms with Crippen molar-refractivity contribution in [1.82, 2.24) is 5.43 Å². The Labute approximate surface area is 150 Å². The van der Waals surface area contributed by atoms with E-state index in [-0.39, 0.29) is 17.4 Å². The van der Waals surface area contributed by atoms with Gasteiger partial charge in [0.2, 0.25) is 11.1 Å². The van der Waals surface area contributed by atoms with Crippen molar-refractivity contribution in [1.29, 1.82) is 0 Å². The highest BCUT2D eigenvalue weighted by atomic mass is 79.9. The van der Waals surface area contributed by atoms with E-state index in [0.717, 1.165) is 15.6 Å². The van der Waals surface area contributed by atoms with E-state index in [0.29, 0.717) is 10.8 Å². The van der Waals surface area contributed by atoms with Crippen molar-refractivity contribution in [3.8, 4) is 5.75 Å². The number of fused-ring (bicyclic) bond motifs is 1. The zero-order valence-electron chi connectivity index (χ0n) is 12.3. The molecule has 0 saturated heterocycles. The highest BCUT2D eigenvalue weighted by Gasteiger charge is 2.14. The van der Waals surface area contributed by atoms with Crippen LogP contribution in [0.1, 0.15) is 5.56 Å². The first-order valence-corrected chi connectivity index (χ1v) is 8.72. The van der Waals surface area contributed by atoms with Gasteiger partial charge in [-0.3, -0.25) is 4.79 Å². The van der Waals surface area contributed by atoms with E-state index in [1.165, 1.54) is 24.0 Å². The predicted octanol–water partition coefficient (Wildman–Crippen LogP) is 2.33. The summed E-state index contributed by atoms with van der Waals surface area (Å²) in [6.07, 6.45) is 1.32. The molecule has 2 N–H and O–H groups in total. The van der Waals surface area contributed by atoms with Crippen molar-refractivity contribution in [2.75, 3.05) is 5.75 Å².